The summed E-state index contributed by atoms with van der Waals surface area (Å²) in [5.74, 6) is 1.65. The second-order valence-electron chi connectivity index (χ2n) is 7.55. The van der Waals surface area contributed by atoms with E-state index in [-0.39, 0.29) is 5.56 Å². The summed E-state index contributed by atoms with van der Waals surface area (Å²) in [6.07, 6.45) is 10.1. The van der Waals surface area contributed by atoms with Crippen LogP contribution in [0.3, 0.4) is 0 Å². The van der Waals surface area contributed by atoms with Gasteiger partial charge in [0.15, 0.2) is 5.82 Å². The lowest BCUT2D eigenvalue weighted by molar-refractivity contribution is 0.418. The summed E-state index contributed by atoms with van der Waals surface area (Å²) in [4.78, 5) is 25.7. The van der Waals surface area contributed by atoms with Crippen molar-refractivity contribution in [3.05, 3.63) is 46.6 Å². The molecule has 2 aliphatic rings. The molecular formula is C20H28N6O. The maximum atomic E-state index is 12.3. The van der Waals surface area contributed by atoms with Gasteiger partial charge in [0.1, 0.15) is 5.82 Å². The SMILES string of the molecule is Cn1ccnc(N2CCC[C@@H](NCc3ccc(N4CCCC4)nc3)C2)c1=O. The molecule has 7 heteroatoms. The molecule has 2 aromatic heterocycles. The lowest BCUT2D eigenvalue weighted by atomic mass is 10.1. The normalized spacial score (nSPS) is 20.3. The fourth-order valence-corrected chi connectivity index (χ4v) is 3.95. The van der Waals surface area contributed by atoms with E-state index in [2.05, 4.69) is 37.2 Å². The molecule has 0 bridgehead atoms. The Morgan fingerprint density at radius 3 is 2.70 bits per heavy atom. The second-order valence-corrected chi connectivity index (χ2v) is 7.55. The van der Waals surface area contributed by atoms with Gasteiger partial charge in [0, 0.05) is 64.4 Å². The van der Waals surface area contributed by atoms with Crippen LogP contribution in [0.1, 0.15) is 31.2 Å². The zero-order chi connectivity index (χ0) is 18.6. The van der Waals surface area contributed by atoms with Crippen LogP contribution in [-0.4, -0.2) is 46.8 Å². The maximum absolute atomic E-state index is 12.3. The number of rotatable bonds is 5. The van der Waals surface area contributed by atoms with Gasteiger partial charge in [0.25, 0.3) is 5.56 Å². The summed E-state index contributed by atoms with van der Waals surface area (Å²) < 4.78 is 1.59. The van der Waals surface area contributed by atoms with Crippen molar-refractivity contribution in [2.45, 2.75) is 38.3 Å². The Hall–Kier alpha value is -2.41. The number of aryl methyl sites for hydroxylation is 1. The Kier molecular flexibility index (Phi) is 5.38. The van der Waals surface area contributed by atoms with Crippen molar-refractivity contribution in [3.8, 4) is 0 Å². The van der Waals surface area contributed by atoms with Crippen molar-refractivity contribution in [2.75, 3.05) is 36.0 Å². The lowest BCUT2D eigenvalue weighted by Gasteiger charge is -2.33. The molecule has 144 valence electrons. The van der Waals surface area contributed by atoms with Crippen LogP contribution in [0.15, 0.2) is 35.5 Å². The van der Waals surface area contributed by atoms with E-state index >= 15 is 0 Å². The van der Waals surface area contributed by atoms with E-state index in [1.807, 2.05) is 6.20 Å². The van der Waals surface area contributed by atoms with Crippen molar-refractivity contribution >= 4 is 11.6 Å². The minimum absolute atomic E-state index is 0.0279. The molecule has 7 nitrogen and oxygen atoms in total. The predicted molar refractivity (Wildman–Crippen MR) is 107 cm³/mol. The van der Waals surface area contributed by atoms with Crippen LogP contribution in [-0.2, 0) is 13.6 Å². The van der Waals surface area contributed by atoms with Gasteiger partial charge < -0.3 is 19.7 Å². The molecule has 2 aliphatic heterocycles. The Morgan fingerprint density at radius 2 is 1.93 bits per heavy atom. The van der Waals surface area contributed by atoms with Gasteiger partial charge in [-0.15, -0.1) is 0 Å². The monoisotopic (exact) mass is 368 g/mol. The zero-order valence-corrected chi connectivity index (χ0v) is 16.0. The van der Waals surface area contributed by atoms with Gasteiger partial charge in [0.2, 0.25) is 0 Å². The highest BCUT2D eigenvalue weighted by Crippen LogP contribution is 2.18. The minimum atomic E-state index is -0.0279. The van der Waals surface area contributed by atoms with Crippen LogP contribution in [0.25, 0.3) is 0 Å². The van der Waals surface area contributed by atoms with E-state index in [9.17, 15) is 4.79 Å². The number of anilines is 2. The van der Waals surface area contributed by atoms with Gasteiger partial charge in [-0.1, -0.05) is 6.07 Å². The molecule has 0 amide bonds. The van der Waals surface area contributed by atoms with Gasteiger partial charge in [0.05, 0.1) is 0 Å². The van der Waals surface area contributed by atoms with Crippen LogP contribution in [0.4, 0.5) is 11.6 Å². The van der Waals surface area contributed by atoms with Crippen LogP contribution in [0.5, 0.6) is 0 Å². The van der Waals surface area contributed by atoms with E-state index in [1.54, 1.807) is 24.0 Å². The largest absolute Gasteiger partial charge is 0.357 e. The first kappa shape index (κ1) is 18.0. The molecule has 0 radical (unpaired) electrons. The summed E-state index contributed by atoms with van der Waals surface area (Å²) in [6.45, 7) is 4.74. The van der Waals surface area contributed by atoms with Gasteiger partial charge >= 0.3 is 0 Å². The smallest absolute Gasteiger partial charge is 0.293 e. The second kappa shape index (κ2) is 8.08. The molecule has 27 heavy (non-hydrogen) atoms. The molecule has 0 unspecified atom stereocenters. The first-order chi connectivity index (χ1) is 13.2. The zero-order valence-electron chi connectivity index (χ0n) is 16.0. The third-order valence-electron chi connectivity index (χ3n) is 5.55. The van der Waals surface area contributed by atoms with Crippen molar-refractivity contribution in [2.24, 2.45) is 7.05 Å². The maximum Gasteiger partial charge on any atom is 0.293 e. The van der Waals surface area contributed by atoms with Gasteiger partial charge in [-0.25, -0.2) is 9.97 Å². The van der Waals surface area contributed by atoms with Gasteiger partial charge in [-0.2, -0.15) is 0 Å². The van der Waals surface area contributed by atoms with Crippen molar-refractivity contribution in [1.29, 1.82) is 0 Å². The summed E-state index contributed by atoms with van der Waals surface area (Å²) in [5.41, 5.74) is 1.17. The Balaban J connectivity index is 1.34. The first-order valence-corrected chi connectivity index (χ1v) is 9.90. The van der Waals surface area contributed by atoms with E-state index in [0.717, 1.165) is 51.4 Å². The third-order valence-corrected chi connectivity index (χ3v) is 5.55. The predicted octanol–water partition coefficient (Wildman–Crippen LogP) is 1.53. The molecule has 2 fully saturated rings. The van der Waals surface area contributed by atoms with Crippen LogP contribution >= 0.6 is 0 Å². The number of piperidine rings is 1. The van der Waals surface area contributed by atoms with E-state index in [1.165, 1.54) is 18.4 Å². The molecule has 2 aromatic rings. The van der Waals surface area contributed by atoms with Crippen molar-refractivity contribution in [3.63, 3.8) is 0 Å². The Morgan fingerprint density at radius 1 is 1.11 bits per heavy atom. The quantitative estimate of drug-likeness (QED) is 0.864. The van der Waals surface area contributed by atoms with Crippen LogP contribution < -0.4 is 20.7 Å². The number of nitrogens with zero attached hydrogens (tertiary/aromatic N) is 5. The molecule has 0 aromatic carbocycles. The fourth-order valence-electron chi connectivity index (χ4n) is 3.95. The molecule has 0 saturated carbocycles. The molecule has 1 atom stereocenters. The third kappa shape index (κ3) is 4.13. The Bertz CT molecular complexity index is 812. The highest BCUT2D eigenvalue weighted by molar-refractivity contribution is 5.40. The number of pyridine rings is 1. The average Bonchev–Trinajstić information content (AvgIpc) is 3.24. The summed E-state index contributed by atoms with van der Waals surface area (Å²) in [6, 6.07) is 4.65. The fraction of sp³-hybridized carbons (Fsp3) is 0.550. The minimum Gasteiger partial charge on any atom is -0.357 e. The molecular weight excluding hydrogens is 340 g/mol. The Labute approximate surface area is 160 Å². The average molecular weight is 368 g/mol. The highest BCUT2D eigenvalue weighted by atomic mass is 16.1. The van der Waals surface area contributed by atoms with E-state index < -0.39 is 0 Å². The molecule has 1 N–H and O–H groups in total. The van der Waals surface area contributed by atoms with Crippen LogP contribution in [0, 0.1) is 0 Å². The lowest BCUT2D eigenvalue weighted by Crippen LogP contribution is -2.47. The van der Waals surface area contributed by atoms with Crippen molar-refractivity contribution in [1.82, 2.24) is 19.9 Å². The molecule has 0 aliphatic carbocycles. The van der Waals surface area contributed by atoms with Crippen molar-refractivity contribution < 1.29 is 0 Å². The topological polar surface area (TPSA) is 66.3 Å². The summed E-state index contributed by atoms with van der Waals surface area (Å²) >= 11 is 0. The summed E-state index contributed by atoms with van der Waals surface area (Å²) in [7, 11) is 1.77. The summed E-state index contributed by atoms with van der Waals surface area (Å²) in [5, 5.41) is 3.63. The molecule has 4 heterocycles. The van der Waals surface area contributed by atoms with Gasteiger partial charge in [-0.05, 0) is 37.3 Å². The molecule has 4 rings (SSSR count). The number of nitrogens with one attached hydrogen (secondary N) is 1. The standard InChI is InChI=1S/C20H28N6O/c1-24-12-8-21-19(20(24)27)26-11-4-5-17(15-26)22-13-16-6-7-18(23-14-16)25-9-2-3-10-25/h6-8,12,14,17,22H,2-5,9-11,13,15H2,1H3/t17-/m1/s1. The molecule has 2 saturated heterocycles. The molecule has 0 spiro atoms. The number of hydrogen-bond donors (Lipinski definition) is 1. The first-order valence-electron chi connectivity index (χ1n) is 9.90. The van der Waals surface area contributed by atoms with Gasteiger partial charge in [-0.3, -0.25) is 4.79 Å². The van der Waals surface area contributed by atoms with Crippen LogP contribution in [0.2, 0.25) is 0 Å². The number of aromatic nitrogens is 3. The highest BCUT2D eigenvalue weighted by Gasteiger charge is 2.22. The van der Waals surface area contributed by atoms with E-state index in [0.29, 0.717) is 11.9 Å². The number of hydrogen-bond acceptors (Lipinski definition) is 6. The van der Waals surface area contributed by atoms with E-state index in [4.69, 9.17) is 0 Å².